The van der Waals surface area contributed by atoms with Crippen LogP contribution in [0.15, 0.2) is 91.0 Å². The van der Waals surface area contributed by atoms with Crippen molar-refractivity contribution in [3.8, 4) is 5.75 Å². The standard InChI is InChI=1S/C13H10O.C7H6O3/c14-13(11-7-3-1-4-8-11)12-9-5-2-6-10-12;8-7(9)10-6-4-2-1-3-5-6/h1-10H;1-5H,(H,8,9). The van der Waals surface area contributed by atoms with Crippen LogP contribution in [-0.4, -0.2) is 17.0 Å². The lowest BCUT2D eigenvalue weighted by Gasteiger charge is -1.99. The molecule has 0 bridgehead atoms. The molecule has 0 aliphatic carbocycles. The molecule has 0 saturated heterocycles. The molecule has 0 aliphatic rings. The second-order valence-corrected chi connectivity index (χ2v) is 4.74. The van der Waals surface area contributed by atoms with E-state index >= 15 is 0 Å². The maximum Gasteiger partial charge on any atom is 0.511 e. The molecule has 3 aromatic carbocycles. The molecule has 1 N–H and O–H groups in total. The Balaban J connectivity index is 0.000000185. The Morgan fingerprint density at radius 3 is 1.38 bits per heavy atom. The molecule has 120 valence electrons. The first-order chi connectivity index (χ1) is 11.7. The number of rotatable bonds is 3. The van der Waals surface area contributed by atoms with Gasteiger partial charge in [0.25, 0.3) is 0 Å². The van der Waals surface area contributed by atoms with Crippen LogP contribution in [0.3, 0.4) is 0 Å². The van der Waals surface area contributed by atoms with E-state index in [1.807, 2.05) is 60.7 Å². The average molecular weight is 320 g/mol. The Kier molecular flexibility index (Phi) is 6.29. The number of ketones is 1. The van der Waals surface area contributed by atoms with Gasteiger partial charge in [-0.25, -0.2) is 4.79 Å². The molecular weight excluding hydrogens is 304 g/mol. The number of benzene rings is 3. The van der Waals surface area contributed by atoms with Gasteiger partial charge in [0.15, 0.2) is 5.78 Å². The Morgan fingerprint density at radius 2 is 1.00 bits per heavy atom. The number of para-hydroxylation sites is 1. The van der Waals surface area contributed by atoms with E-state index in [-0.39, 0.29) is 5.78 Å². The fourth-order valence-corrected chi connectivity index (χ4v) is 1.94. The van der Waals surface area contributed by atoms with E-state index < -0.39 is 6.16 Å². The predicted octanol–water partition coefficient (Wildman–Crippen LogP) is 4.66. The summed E-state index contributed by atoms with van der Waals surface area (Å²) in [5.41, 5.74) is 1.47. The van der Waals surface area contributed by atoms with E-state index in [1.165, 1.54) is 0 Å². The SMILES string of the molecule is O=C(O)Oc1ccccc1.O=C(c1ccccc1)c1ccccc1. The molecule has 3 rings (SSSR count). The van der Waals surface area contributed by atoms with Gasteiger partial charge in [-0.3, -0.25) is 4.79 Å². The van der Waals surface area contributed by atoms with Crippen LogP contribution in [0.5, 0.6) is 5.75 Å². The van der Waals surface area contributed by atoms with E-state index in [9.17, 15) is 9.59 Å². The molecule has 0 aliphatic heterocycles. The molecule has 24 heavy (non-hydrogen) atoms. The zero-order valence-electron chi connectivity index (χ0n) is 12.8. The summed E-state index contributed by atoms with van der Waals surface area (Å²) in [5, 5.41) is 8.14. The monoisotopic (exact) mass is 320 g/mol. The van der Waals surface area contributed by atoms with Crippen molar-refractivity contribution < 1.29 is 19.4 Å². The van der Waals surface area contributed by atoms with E-state index in [1.54, 1.807) is 30.3 Å². The van der Waals surface area contributed by atoms with Crippen molar-refractivity contribution in [2.24, 2.45) is 0 Å². The van der Waals surface area contributed by atoms with Crippen molar-refractivity contribution in [1.29, 1.82) is 0 Å². The molecule has 4 heteroatoms. The molecule has 3 aromatic rings. The molecule has 0 spiro atoms. The van der Waals surface area contributed by atoms with Gasteiger partial charge in [-0.05, 0) is 12.1 Å². The predicted molar refractivity (Wildman–Crippen MR) is 91.4 cm³/mol. The summed E-state index contributed by atoms with van der Waals surface area (Å²) < 4.78 is 4.33. The maximum absolute atomic E-state index is 11.8. The summed E-state index contributed by atoms with van der Waals surface area (Å²) in [4.78, 5) is 21.8. The Hall–Kier alpha value is -3.40. The lowest BCUT2D eigenvalue weighted by molar-refractivity contribution is 0.103. The van der Waals surface area contributed by atoms with E-state index in [4.69, 9.17) is 5.11 Å². The van der Waals surface area contributed by atoms with Crippen LogP contribution in [-0.2, 0) is 0 Å². The van der Waals surface area contributed by atoms with E-state index in [0.29, 0.717) is 5.75 Å². The summed E-state index contributed by atoms with van der Waals surface area (Å²) in [6, 6.07) is 27.0. The summed E-state index contributed by atoms with van der Waals surface area (Å²) >= 11 is 0. The van der Waals surface area contributed by atoms with E-state index in [2.05, 4.69) is 4.74 Å². The number of hydrogen-bond acceptors (Lipinski definition) is 3. The number of carboxylic acid groups (broad SMARTS) is 1. The summed E-state index contributed by atoms with van der Waals surface area (Å²) in [6.07, 6.45) is -1.29. The normalized spacial score (nSPS) is 9.33. The zero-order valence-corrected chi connectivity index (χ0v) is 12.8. The van der Waals surface area contributed by atoms with Crippen LogP contribution in [0.4, 0.5) is 4.79 Å². The molecule has 0 unspecified atom stereocenters. The van der Waals surface area contributed by atoms with Crippen molar-refractivity contribution in [1.82, 2.24) is 0 Å². The number of ether oxygens (including phenoxy) is 1. The van der Waals surface area contributed by atoms with Crippen LogP contribution < -0.4 is 4.74 Å². The van der Waals surface area contributed by atoms with Gasteiger partial charge in [0, 0.05) is 11.1 Å². The second kappa shape index (κ2) is 8.90. The summed E-state index contributed by atoms with van der Waals surface area (Å²) in [5.74, 6) is 0.418. The molecule has 0 fully saturated rings. The van der Waals surface area contributed by atoms with Crippen LogP contribution in [0.2, 0.25) is 0 Å². The third-order valence-corrected chi connectivity index (χ3v) is 3.02. The van der Waals surface area contributed by atoms with Gasteiger partial charge in [-0.1, -0.05) is 78.9 Å². The first-order valence-corrected chi connectivity index (χ1v) is 7.27. The minimum atomic E-state index is -1.29. The van der Waals surface area contributed by atoms with E-state index in [0.717, 1.165) is 11.1 Å². The van der Waals surface area contributed by atoms with Gasteiger partial charge in [-0.2, -0.15) is 0 Å². The third-order valence-electron chi connectivity index (χ3n) is 3.02. The highest BCUT2D eigenvalue weighted by atomic mass is 16.7. The molecular formula is C20H16O4. The molecule has 4 nitrogen and oxygen atoms in total. The topological polar surface area (TPSA) is 63.6 Å². The van der Waals surface area contributed by atoms with Crippen LogP contribution in [0, 0.1) is 0 Å². The van der Waals surface area contributed by atoms with Gasteiger partial charge in [0.1, 0.15) is 5.75 Å². The Morgan fingerprint density at radius 1 is 0.625 bits per heavy atom. The zero-order chi connectivity index (χ0) is 17.2. The van der Waals surface area contributed by atoms with Gasteiger partial charge < -0.3 is 9.84 Å². The highest BCUT2D eigenvalue weighted by molar-refractivity contribution is 6.08. The molecule has 0 heterocycles. The van der Waals surface area contributed by atoms with Gasteiger partial charge in [0.05, 0.1) is 0 Å². The molecule has 0 saturated carbocycles. The first kappa shape index (κ1) is 17.0. The van der Waals surface area contributed by atoms with Crippen LogP contribution in [0.1, 0.15) is 15.9 Å². The fraction of sp³-hybridized carbons (Fsp3) is 0. The number of carbonyl (C=O) groups is 2. The van der Waals surface area contributed by atoms with Crippen molar-refractivity contribution in [3.05, 3.63) is 102 Å². The smallest absolute Gasteiger partial charge is 0.449 e. The minimum absolute atomic E-state index is 0.0752. The highest BCUT2D eigenvalue weighted by Crippen LogP contribution is 2.08. The second-order valence-electron chi connectivity index (χ2n) is 4.74. The highest BCUT2D eigenvalue weighted by Gasteiger charge is 2.06. The van der Waals surface area contributed by atoms with Crippen LogP contribution in [0.25, 0.3) is 0 Å². The van der Waals surface area contributed by atoms with Crippen molar-refractivity contribution >= 4 is 11.9 Å². The molecule has 0 atom stereocenters. The molecule has 0 aromatic heterocycles. The largest absolute Gasteiger partial charge is 0.511 e. The van der Waals surface area contributed by atoms with Gasteiger partial charge in [-0.15, -0.1) is 0 Å². The lowest BCUT2D eigenvalue weighted by Crippen LogP contribution is -2.02. The Bertz CT molecular complexity index is 727. The third kappa shape index (κ3) is 5.42. The molecule has 0 amide bonds. The number of carbonyl (C=O) groups excluding carboxylic acids is 1. The number of hydrogen-bond donors (Lipinski definition) is 1. The summed E-state index contributed by atoms with van der Waals surface area (Å²) in [6.45, 7) is 0. The quantitative estimate of drug-likeness (QED) is 0.433. The van der Waals surface area contributed by atoms with Gasteiger partial charge >= 0.3 is 6.16 Å². The van der Waals surface area contributed by atoms with Gasteiger partial charge in [0.2, 0.25) is 0 Å². The maximum atomic E-state index is 11.8. The minimum Gasteiger partial charge on any atom is -0.449 e. The summed E-state index contributed by atoms with van der Waals surface area (Å²) in [7, 11) is 0. The average Bonchev–Trinajstić information content (AvgIpc) is 2.63. The van der Waals surface area contributed by atoms with Crippen molar-refractivity contribution in [3.63, 3.8) is 0 Å². The molecule has 0 radical (unpaired) electrons. The van der Waals surface area contributed by atoms with Crippen LogP contribution >= 0.6 is 0 Å². The first-order valence-electron chi connectivity index (χ1n) is 7.27. The van der Waals surface area contributed by atoms with Crippen molar-refractivity contribution in [2.75, 3.05) is 0 Å². The Labute approximate surface area is 140 Å². The lowest BCUT2D eigenvalue weighted by atomic mass is 10.0. The van der Waals surface area contributed by atoms with Crippen molar-refractivity contribution in [2.45, 2.75) is 0 Å². The fourth-order valence-electron chi connectivity index (χ4n) is 1.94.